The first-order valence-electron chi connectivity index (χ1n) is 7.26. The molecule has 21 heavy (non-hydrogen) atoms. The van der Waals surface area contributed by atoms with Crippen molar-refractivity contribution in [2.75, 3.05) is 25.4 Å². The van der Waals surface area contributed by atoms with Crippen molar-refractivity contribution in [1.82, 2.24) is 4.90 Å². The SMILES string of the molecule is CC1CN(C(=O)C(C)(C)c2ccc(N)cc2)CC(CO)O1. The first kappa shape index (κ1) is 15.8. The Hall–Kier alpha value is -1.59. The van der Waals surface area contributed by atoms with E-state index in [1.54, 1.807) is 4.90 Å². The summed E-state index contributed by atoms with van der Waals surface area (Å²) in [7, 11) is 0. The third-order valence-electron chi connectivity index (χ3n) is 3.98. The van der Waals surface area contributed by atoms with Crippen molar-refractivity contribution >= 4 is 11.6 Å². The van der Waals surface area contributed by atoms with Crippen LogP contribution in [-0.4, -0.2) is 47.8 Å². The smallest absolute Gasteiger partial charge is 0.232 e. The van der Waals surface area contributed by atoms with Crippen LogP contribution in [-0.2, 0) is 14.9 Å². The lowest BCUT2D eigenvalue weighted by atomic mass is 9.82. The number of ether oxygens (including phenoxy) is 1. The van der Waals surface area contributed by atoms with Gasteiger partial charge in [-0.05, 0) is 38.5 Å². The maximum atomic E-state index is 12.9. The second-order valence-corrected chi connectivity index (χ2v) is 6.21. The topological polar surface area (TPSA) is 75.8 Å². The summed E-state index contributed by atoms with van der Waals surface area (Å²) in [5.41, 5.74) is 6.68. The highest BCUT2D eigenvalue weighted by molar-refractivity contribution is 5.87. The average Bonchev–Trinajstić information content (AvgIpc) is 2.46. The Morgan fingerprint density at radius 2 is 2.00 bits per heavy atom. The largest absolute Gasteiger partial charge is 0.399 e. The minimum Gasteiger partial charge on any atom is -0.399 e. The molecule has 0 bridgehead atoms. The molecule has 1 amide bonds. The molecular formula is C16H24N2O3. The Kier molecular flexibility index (Phi) is 4.54. The lowest BCUT2D eigenvalue weighted by Gasteiger charge is -2.40. The lowest BCUT2D eigenvalue weighted by Crippen LogP contribution is -2.54. The van der Waals surface area contributed by atoms with Gasteiger partial charge in [0, 0.05) is 18.8 Å². The van der Waals surface area contributed by atoms with Crippen molar-refractivity contribution in [3.05, 3.63) is 29.8 Å². The summed E-state index contributed by atoms with van der Waals surface area (Å²) in [5, 5.41) is 9.28. The molecule has 0 radical (unpaired) electrons. The van der Waals surface area contributed by atoms with E-state index >= 15 is 0 Å². The Bertz CT molecular complexity index is 499. The Morgan fingerprint density at radius 1 is 1.38 bits per heavy atom. The average molecular weight is 292 g/mol. The van der Waals surface area contributed by atoms with E-state index in [1.165, 1.54) is 0 Å². The van der Waals surface area contributed by atoms with E-state index in [0.29, 0.717) is 18.8 Å². The van der Waals surface area contributed by atoms with Crippen LogP contribution in [0.3, 0.4) is 0 Å². The fourth-order valence-corrected chi connectivity index (χ4v) is 2.73. The van der Waals surface area contributed by atoms with Gasteiger partial charge in [0.25, 0.3) is 0 Å². The van der Waals surface area contributed by atoms with Crippen molar-refractivity contribution in [1.29, 1.82) is 0 Å². The fraction of sp³-hybridized carbons (Fsp3) is 0.562. The van der Waals surface area contributed by atoms with Crippen LogP contribution in [0.2, 0.25) is 0 Å². The molecule has 2 atom stereocenters. The number of rotatable bonds is 3. The van der Waals surface area contributed by atoms with Crippen LogP contribution in [0.1, 0.15) is 26.3 Å². The number of nitrogens with two attached hydrogens (primary N) is 1. The molecule has 1 heterocycles. The van der Waals surface area contributed by atoms with Crippen LogP contribution >= 0.6 is 0 Å². The van der Waals surface area contributed by atoms with Gasteiger partial charge in [-0.15, -0.1) is 0 Å². The van der Waals surface area contributed by atoms with E-state index in [9.17, 15) is 9.90 Å². The summed E-state index contributed by atoms with van der Waals surface area (Å²) in [5.74, 6) is 0.0425. The zero-order valence-electron chi connectivity index (χ0n) is 12.9. The molecule has 0 aliphatic carbocycles. The molecule has 2 rings (SSSR count). The summed E-state index contributed by atoms with van der Waals surface area (Å²) >= 11 is 0. The van der Waals surface area contributed by atoms with Crippen LogP contribution in [0.5, 0.6) is 0 Å². The zero-order valence-corrected chi connectivity index (χ0v) is 12.9. The molecule has 0 aromatic heterocycles. The normalized spacial score (nSPS) is 23.1. The van der Waals surface area contributed by atoms with Crippen molar-refractivity contribution in [3.8, 4) is 0 Å². The first-order valence-corrected chi connectivity index (χ1v) is 7.26. The van der Waals surface area contributed by atoms with Crippen molar-refractivity contribution in [2.45, 2.75) is 38.4 Å². The number of hydrogen-bond donors (Lipinski definition) is 2. The standard InChI is InChI=1S/C16H24N2O3/c1-11-8-18(9-14(10-19)21-11)15(20)16(2,3)12-4-6-13(17)7-5-12/h4-7,11,14,19H,8-10,17H2,1-3H3. The summed E-state index contributed by atoms with van der Waals surface area (Å²) in [6, 6.07) is 7.40. The number of carbonyl (C=O) groups excluding carboxylic acids is 1. The zero-order chi connectivity index (χ0) is 15.6. The van der Waals surface area contributed by atoms with Crippen LogP contribution in [0.4, 0.5) is 5.69 Å². The highest BCUT2D eigenvalue weighted by Crippen LogP contribution is 2.28. The second kappa shape index (κ2) is 6.03. The lowest BCUT2D eigenvalue weighted by molar-refractivity contribution is -0.151. The molecule has 2 unspecified atom stereocenters. The van der Waals surface area contributed by atoms with Gasteiger partial charge in [-0.1, -0.05) is 12.1 Å². The highest BCUT2D eigenvalue weighted by atomic mass is 16.5. The Morgan fingerprint density at radius 3 is 2.57 bits per heavy atom. The minimum atomic E-state index is -0.634. The predicted molar refractivity (Wildman–Crippen MR) is 81.9 cm³/mol. The molecular weight excluding hydrogens is 268 g/mol. The van der Waals surface area contributed by atoms with Crippen molar-refractivity contribution < 1.29 is 14.6 Å². The second-order valence-electron chi connectivity index (χ2n) is 6.21. The number of carbonyl (C=O) groups is 1. The molecule has 5 nitrogen and oxygen atoms in total. The summed E-state index contributed by atoms with van der Waals surface area (Å²) in [6.07, 6.45) is -0.373. The number of benzene rings is 1. The van der Waals surface area contributed by atoms with Crippen LogP contribution < -0.4 is 5.73 Å². The van der Waals surface area contributed by atoms with Crippen LogP contribution in [0, 0.1) is 0 Å². The van der Waals surface area contributed by atoms with E-state index in [0.717, 1.165) is 5.56 Å². The third-order valence-corrected chi connectivity index (χ3v) is 3.98. The number of aliphatic hydroxyl groups excluding tert-OH is 1. The summed E-state index contributed by atoms with van der Waals surface area (Å²) in [6.45, 7) is 6.64. The monoisotopic (exact) mass is 292 g/mol. The molecule has 1 aliphatic heterocycles. The number of aliphatic hydroxyl groups is 1. The number of amides is 1. The van der Waals surface area contributed by atoms with Gasteiger partial charge in [0.1, 0.15) is 0 Å². The quantitative estimate of drug-likeness (QED) is 0.820. The van der Waals surface area contributed by atoms with Crippen LogP contribution in [0.25, 0.3) is 0 Å². The Labute approximate surface area is 125 Å². The molecule has 1 aliphatic rings. The van der Waals surface area contributed by atoms with Gasteiger partial charge in [-0.3, -0.25) is 4.79 Å². The number of nitrogen functional groups attached to an aromatic ring is 1. The van der Waals surface area contributed by atoms with Crippen LogP contribution in [0.15, 0.2) is 24.3 Å². The molecule has 5 heteroatoms. The summed E-state index contributed by atoms with van der Waals surface area (Å²) in [4.78, 5) is 14.7. The van der Waals surface area contributed by atoms with E-state index < -0.39 is 5.41 Å². The maximum Gasteiger partial charge on any atom is 0.232 e. The number of hydrogen-bond acceptors (Lipinski definition) is 4. The van der Waals surface area contributed by atoms with E-state index in [4.69, 9.17) is 10.5 Å². The van der Waals surface area contributed by atoms with Gasteiger partial charge in [0.15, 0.2) is 0 Å². The molecule has 3 N–H and O–H groups in total. The van der Waals surface area contributed by atoms with Gasteiger partial charge < -0.3 is 20.5 Å². The number of anilines is 1. The van der Waals surface area contributed by atoms with Gasteiger partial charge in [-0.25, -0.2) is 0 Å². The van der Waals surface area contributed by atoms with E-state index in [2.05, 4.69) is 0 Å². The van der Waals surface area contributed by atoms with Gasteiger partial charge >= 0.3 is 0 Å². The van der Waals surface area contributed by atoms with E-state index in [1.807, 2.05) is 45.0 Å². The van der Waals surface area contributed by atoms with Crippen molar-refractivity contribution in [3.63, 3.8) is 0 Å². The molecule has 116 valence electrons. The Balaban J connectivity index is 2.19. The number of morpholine rings is 1. The first-order chi connectivity index (χ1) is 9.84. The minimum absolute atomic E-state index is 0.0425. The van der Waals surface area contributed by atoms with Gasteiger partial charge in [-0.2, -0.15) is 0 Å². The maximum absolute atomic E-state index is 12.9. The fourth-order valence-electron chi connectivity index (χ4n) is 2.73. The summed E-state index contributed by atoms with van der Waals surface area (Å²) < 4.78 is 5.59. The van der Waals surface area contributed by atoms with E-state index in [-0.39, 0.29) is 24.7 Å². The molecule has 0 spiro atoms. The highest BCUT2D eigenvalue weighted by Gasteiger charge is 2.37. The number of nitrogens with zero attached hydrogens (tertiary/aromatic N) is 1. The molecule has 1 aromatic rings. The predicted octanol–water partition coefficient (Wildman–Crippen LogP) is 1.15. The third kappa shape index (κ3) is 3.36. The van der Waals surface area contributed by atoms with Gasteiger partial charge in [0.05, 0.1) is 24.2 Å². The molecule has 1 aromatic carbocycles. The molecule has 1 saturated heterocycles. The van der Waals surface area contributed by atoms with Gasteiger partial charge in [0.2, 0.25) is 5.91 Å². The molecule has 0 saturated carbocycles. The van der Waals surface area contributed by atoms with Crippen molar-refractivity contribution in [2.24, 2.45) is 0 Å². The molecule has 1 fully saturated rings.